The SMILES string of the molecule is C[C@H]1CCCCN1C1CN(C(=O)NCc2ccc(N3CCCC3=O)cc2)C1. The third-order valence-electron chi connectivity index (χ3n) is 6.24. The lowest BCUT2D eigenvalue weighted by atomic mass is 9.98. The van der Waals surface area contributed by atoms with E-state index in [-0.39, 0.29) is 11.9 Å². The molecule has 6 nitrogen and oxygen atoms in total. The van der Waals surface area contributed by atoms with Crippen LogP contribution in [-0.2, 0) is 11.3 Å². The van der Waals surface area contributed by atoms with Gasteiger partial charge in [0.2, 0.25) is 5.91 Å². The maximum atomic E-state index is 12.4. The Morgan fingerprint density at radius 1 is 1.11 bits per heavy atom. The molecule has 0 saturated carbocycles. The van der Waals surface area contributed by atoms with Crippen molar-refractivity contribution in [2.45, 2.75) is 57.7 Å². The van der Waals surface area contributed by atoms with Crippen LogP contribution in [0.1, 0.15) is 44.6 Å². The van der Waals surface area contributed by atoms with E-state index in [1.807, 2.05) is 34.1 Å². The first-order chi connectivity index (χ1) is 13.1. The zero-order valence-electron chi connectivity index (χ0n) is 16.2. The van der Waals surface area contributed by atoms with E-state index in [1.165, 1.54) is 25.8 Å². The van der Waals surface area contributed by atoms with Crippen LogP contribution < -0.4 is 10.2 Å². The van der Waals surface area contributed by atoms with Crippen LogP contribution in [-0.4, -0.2) is 60.0 Å². The van der Waals surface area contributed by atoms with Crippen LogP contribution in [0.15, 0.2) is 24.3 Å². The highest BCUT2D eigenvalue weighted by Gasteiger charge is 2.37. The number of urea groups is 1. The zero-order chi connectivity index (χ0) is 18.8. The Hall–Kier alpha value is -2.08. The molecule has 3 aliphatic rings. The van der Waals surface area contributed by atoms with Crippen LogP contribution >= 0.6 is 0 Å². The molecule has 0 aromatic heterocycles. The van der Waals surface area contributed by atoms with Crippen molar-refractivity contribution in [1.82, 2.24) is 15.1 Å². The molecule has 1 aromatic rings. The Bertz CT molecular complexity index is 684. The summed E-state index contributed by atoms with van der Waals surface area (Å²) in [5.41, 5.74) is 2.01. The highest BCUT2D eigenvalue weighted by molar-refractivity contribution is 5.95. The standard InChI is InChI=1S/C21H30N4O2/c1-16-5-2-3-11-24(16)19-14-23(15-19)21(27)22-13-17-7-9-18(10-8-17)25-12-4-6-20(25)26/h7-10,16,19H,2-6,11-15H2,1H3,(H,22,27)/t16-/m0/s1. The Labute approximate surface area is 161 Å². The molecule has 4 rings (SSSR count). The second kappa shape index (κ2) is 7.89. The molecule has 27 heavy (non-hydrogen) atoms. The smallest absolute Gasteiger partial charge is 0.317 e. The summed E-state index contributed by atoms with van der Waals surface area (Å²) in [6.07, 6.45) is 5.47. The van der Waals surface area contributed by atoms with Gasteiger partial charge in [0, 0.05) is 50.4 Å². The number of hydrogen-bond acceptors (Lipinski definition) is 3. The monoisotopic (exact) mass is 370 g/mol. The van der Waals surface area contributed by atoms with E-state index in [9.17, 15) is 9.59 Å². The first-order valence-electron chi connectivity index (χ1n) is 10.3. The second-order valence-corrected chi connectivity index (χ2v) is 8.12. The van der Waals surface area contributed by atoms with Crippen molar-refractivity contribution in [1.29, 1.82) is 0 Å². The average molecular weight is 370 g/mol. The first-order valence-corrected chi connectivity index (χ1v) is 10.3. The first kappa shape index (κ1) is 18.3. The molecule has 3 fully saturated rings. The minimum atomic E-state index is 0.0229. The van der Waals surface area contributed by atoms with Gasteiger partial charge in [-0.25, -0.2) is 4.79 Å². The summed E-state index contributed by atoms with van der Waals surface area (Å²) < 4.78 is 0. The number of carbonyl (C=O) groups is 2. The fourth-order valence-corrected chi connectivity index (χ4v) is 4.50. The van der Waals surface area contributed by atoms with Gasteiger partial charge in [0.15, 0.2) is 0 Å². The maximum Gasteiger partial charge on any atom is 0.317 e. The number of piperidine rings is 1. The second-order valence-electron chi connectivity index (χ2n) is 8.12. The van der Waals surface area contributed by atoms with Crippen molar-refractivity contribution in [3.8, 4) is 0 Å². The van der Waals surface area contributed by atoms with Gasteiger partial charge in [-0.2, -0.15) is 0 Å². The molecule has 0 bridgehead atoms. The molecule has 3 saturated heterocycles. The fraction of sp³-hybridized carbons (Fsp3) is 0.619. The lowest BCUT2D eigenvalue weighted by molar-refractivity contribution is -0.117. The Morgan fingerprint density at radius 2 is 1.89 bits per heavy atom. The van der Waals surface area contributed by atoms with Crippen molar-refractivity contribution >= 4 is 17.6 Å². The van der Waals surface area contributed by atoms with E-state index in [0.29, 0.717) is 25.0 Å². The van der Waals surface area contributed by atoms with E-state index < -0.39 is 0 Å². The summed E-state index contributed by atoms with van der Waals surface area (Å²) in [4.78, 5) is 30.5. The number of benzene rings is 1. The van der Waals surface area contributed by atoms with E-state index in [2.05, 4.69) is 17.1 Å². The van der Waals surface area contributed by atoms with Gasteiger partial charge in [0.05, 0.1) is 0 Å². The largest absolute Gasteiger partial charge is 0.334 e. The van der Waals surface area contributed by atoms with Crippen molar-refractivity contribution in [2.24, 2.45) is 0 Å². The number of nitrogens with one attached hydrogen (secondary N) is 1. The molecule has 0 unspecified atom stereocenters. The number of rotatable bonds is 4. The van der Waals surface area contributed by atoms with Gasteiger partial charge in [-0.1, -0.05) is 18.6 Å². The van der Waals surface area contributed by atoms with Gasteiger partial charge in [0.1, 0.15) is 0 Å². The Balaban J connectivity index is 1.22. The lowest BCUT2D eigenvalue weighted by Crippen LogP contribution is -2.64. The number of amides is 3. The zero-order valence-corrected chi connectivity index (χ0v) is 16.2. The van der Waals surface area contributed by atoms with Gasteiger partial charge in [0.25, 0.3) is 0 Å². The normalized spacial score (nSPS) is 24.2. The number of hydrogen-bond donors (Lipinski definition) is 1. The van der Waals surface area contributed by atoms with Crippen LogP contribution in [0.3, 0.4) is 0 Å². The van der Waals surface area contributed by atoms with Crippen LogP contribution in [0.5, 0.6) is 0 Å². The lowest BCUT2D eigenvalue weighted by Gasteiger charge is -2.49. The minimum absolute atomic E-state index is 0.0229. The Morgan fingerprint density at radius 3 is 2.56 bits per heavy atom. The van der Waals surface area contributed by atoms with Crippen molar-refractivity contribution in [3.05, 3.63) is 29.8 Å². The fourth-order valence-electron chi connectivity index (χ4n) is 4.50. The molecule has 0 radical (unpaired) electrons. The molecular formula is C21H30N4O2. The van der Waals surface area contributed by atoms with Gasteiger partial charge < -0.3 is 15.1 Å². The number of anilines is 1. The minimum Gasteiger partial charge on any atom is -0.334 e. The van der Waals surface area contributed by atoms with E-state index in [1.54, 1.807) is 0 Å². The molecule has 0 aliphatic carbocycles. The molecule has 1 N–H and O–H groups in total. The molecule has 1 atom stereocenters. The summed E-state index contributed by atoms with van der Waals surface area (Å²) >= 11 is 0. The molecular weight excluding hydrogens is 340 g/mol. The number of likely N-dealkylation sites (tertiary alicyclic amines) is 2. The van der Waals surface area contributed by atoms with Gasteiger partial charge in [-0.05, 0) is 50.4 Å². The summed E-state index contributed by atoms with van der Waals surface area (Å²) in [5.74, 6) is 0.200. The third-order valence-corrected chi connectivity index (χ3v) is 6.24. The summed E-state index contributed by atoms with van der Waals surface area (Å²) in [5, 5.41) is 3.02. The van der Waals surface area contributed by atoms with Crippen LogP contribution in [0.2, 0.25) is 0 Å². The predicted molar refractivity (Wildman–Crippen MR) is 106 cm³/mol. The average Bonchev–Trinajstić information content (AvgIpc) is 3.07. The topological polar surface area (TPSA) is 55.9 Å². The molecule has 3 aliphatic heterocycles. The van der Waals surface area contributed by atoms with Crippen LogP contribution in [0.4, 0.5) is 10.5 Å². The third kappa shape index (κ3) is 3.95. The molecule has 3 heterocycles. The highest BCUT2D eigenvalue weighted by Crippen LogP contribution is 2.25. The highest BCUT2D eigenvalue weighted by atomic mass is 16.2. The molecule has 0 spiro atoms. The van der Waals surface area contributed by atoms with Gasteiger partial charge in [-0.3, -0.25) is 9.69 Å². The summed E-state index contributed by atoms with van der Waals surface area (Å²) in [7, 11) is 0. The molecule has 3 amide bonds. The van der Waals surface area contributed by atoms with Crippen LogP contribution in [0, 0.1) is 0 Å². The summed E-state index contributed by atoms with van der Waals surface area (Å²) in [6.45, 7) is 6.49. The number of nitrogens with zero attached hydrogens (tertiary/aromatic N) is 3. The van der Waals surface area contributed by atoms with Crippen molar-refractivity contribution in [3.63, 3.8) is 0 Å². The van der Waals surface area contributed by atoms with E-state index >= 15 is 0 Å². The molecule has 1 aromatic carbocycles. The van der Waals surface area contributed by atoms with Crippen molar-refractivity contribution < 1.29 is 9.59 Å². The number of carbonyl (C=O) groups excluding carboxylic acids is 2. The molecule has 146 valence electrons. The van der Waals surface area contributed by atoms with E-state index in [0.717, 1.165) is 37.3 Å². The quantitative estimate of drug-likeness (QED) is 0.886. The van der Waals surface area contributed by atoms with Crippen LogP contribution in [0.25, 0.3) is 0 Å². The van der Waals surface area contributed by atoms with Crippen molar-refractivity contribution in [2.75, 3.05) is 31.1 Å². The van der Waals surface area contributed by atoms with E-state index in [4.69, 9.17) is 0 Å². The van der Waals surface area contributed by atoms with Gasteiger partial charge >= 0.3 is 6.03 Å². The maximum absolute atomic E-state index is 12.4. The Kier molecular flexibility index (Phi) is 5.34. The molecule has 6 heteroatoms. The summed E-state index contributed by atoms with van der Waals surface area (Å²) in [6, 6.07) is 9.14. The predicted octanol–water partition coefficient (Wildman–Crippen LogP) is 2.58. The van der Waals surface area contributed by atoms with Gasteiger partial charge in [-0.15, -0.1) is 0 Å².